The molecule has 1 aliphatic rings. The molecule has 0 aliphatic carbocycles. The van der Waals surface area contributed by atoms with Gasteiger partial charge in [0.2, 0.25) is 0 Å². The zero-order valence-electron chi connectivity index (χ0n) is 21.9. The average molecular weight is 586 g/mol. The summed E-state index contributed by atoms with van der Waals surface area (Å²) in [6.45, 7) is 1.36. The molecule has 214 valence electrons. The summed E-state index contributed by atoms with van der Waals surface area (Å²) in [5, 5.41) is 0.671. The molecule has 4 aromatic rings. The van der Waals surface area contributed by atoms with Crippen LogP contribution < -0.4 is 9.46 Å². The molecule has 5 rings (SSSR count). The number of amides is 1. The number of hydrogen-bond donors (Lipinski definition) is 1. The van der Waals surface area contributed by atoms with Crippen molar-refractivity contribution in [3.05, 3.63) is 89.9 Å². The van der Waals surface area contributed by atoms with Crippen LogP contribution in [-0.2, 0) is 22.7 Å². The number of fused-ring (bicyclic) bond motifs is 1. The lowest BCUT2D eigenvalue weighted by molar-refractivity contribution is -0.138. The first-order valence-electron chi connectivity index (χ1n) is 12.6. The summed E-state index contributed by atoms with van der Waals surface area (Å²) in [5.41, 5.74) is -0.0586. The predicted molar refractivity (Wildman–Crippen MR) is 146 cm³/mol. The Morgan fingerprint density at radius 2 is 1.68 bits per heavy atom. The van der Waals surface area contributed by atoms with Crippen LogP contribution in [-0.4, -0.2) is 67.4 Å². The van der Waals surface area contributed by atoms with Crippen molar-refractivity contribution in [1.82, 2.24) is 19.8 Å². The van der Waals surface area contributed by atoms with Crippen LogP contribution in [0.5, 0.6) is 5.75 Å². The van der Waals surface area contributed by atoms with Crippen LogP contribution in [0.1, 0.15) is 21.6 Å². The van der Waals surface area contributed by atoms with Gasteiger partial charge in [-0.15, -0.1) is 0 Å². The first-order chi connectivity index (χ1) is 19.6. The Morgan fingerprint density at radius 3 is 2.41 bits per heavy atom. The minimum Gasteiger partial charge on any atom is -0.495 e. The van der Waals surface area contributed by atoms with Gasteiger partial charge in [0.25, 0.3) is 15.9 Å². The summed E-state index contributed by atoms with van der Waals surface area (Å²) in [6, 6.07) is 15.0. The number of carbonyl (C=O) groups excluding carboxylic acids is 1. The molecule has 1 amide bonds. The molecule has 2 aromatic carbocycles. The zero-order valence-corrected chi connectivity index (χ0v) is 22.7. The van der Waals surface area contributed by atoms with Crippen molar-refractivity contribution in [2.24, 2.45) is 0 Å². The quantitative estimate of drug-likeness (QED) is 0.343. The summed E-state index contributed by atoms with van der Waals surface area (Å²) >= 11 is 0. The van der Waals surface area contributed by atoms with Gasteiger partial charge in [-0.1, -0.05) is 18.2 Å². The van der Waals surface area contributed by atoms with Crippen molar-refractivity contribution >= 4 is 32.5 Å². The minimum absolute atomic E-state index is 0.00346. The van der Waals surface area contributed by atoms with Gasteiger partial charge in [0.1, 0.15) is 10.6 Å². The molecule has 3 heterocycles. The van der Waals surface area contributed by atoms with Crippen molar-refractivity contribution < 1.29 is 31.1 Å². The van der Waals surface area contributed by atoms with Gasteiger partial charge >= 0.3 is 6.18 Å². The Kier molecular flexibility index (Phi) is 7.82. The SMILES string of the molecule is COc1cc(C(=O)N2CCN(Cc3ncccc3C(F)(F)F)CC2)ccc1NS(=O)(=O)c1cccc2cccnc12. The Morgan fingerprint density at radius 1 is 0.976 bits per heavy atom. The Balaban J connectivity index is 1.27. The van der Waals surface area contributed by atoms with Gasteiger partial charge in [0.05, 0.1) is 29.6 Å². The second-order valence-electron chi connectivity index (χ2n) is 9.42. The molecule has 0 saturated carbocycles. The van der Waals surface area contributed by atoms with Crippen molar-refractivity contribution in [2.45, 2.75) is 17.6 Å². The largest absolute Gasteiger partial charge is 0.495 e. The lowest BCUT2D eigenvalue weighted by Gasteiger charge is -2.35. The molecule has 41 heavy (non-hydrogen) atoms. The van der Waals surface area contributed by atoms with E-state index in [1.54, 1.807) is 29.2 Å². The molecule has 9 nitrogen and oxygen atoms in total. The van der Waals surface area contributed by atoms with Crippen LogP contribution in [0.15, 0.2) is 78.0 Å². The monoisotopic (exact) mass is 585 g/mol. The molecule has 0 bridgehead atoms. The fourth-order valence-corrected chi connectivity index (χ4v) is 5.98. The summed E-state index contributed by atoms with van der Waals surface area (Å²) in [4.78, 5) is 24.8. The molecule has 1 aliphatic heterocycles. The van der Waals surface area contributed by atoms with Gasteiger partial charge in [-0.3, -0.25) is 24.4 Å². The van der Waals surface area contributed by atoms with E-state index in [0.29, 0.717) is 37.1 Å². The summed E-state index contributed by atoms with van der Waals surface area (Å²) in [6.07, 6.45) is -1.65. The molecule has 1 fully saturated rings. The van der Waals surface area contributed by atoms with Crippen LogP contribution in [0.25, 0.3) is 10.9 Å². The highest BCUT2D eigenvalue weighted by atomic mass is 32.2. The number of nitrogens with one attached hydrogen (secondary N) is 1. The number of halogens is 3. The van der Waals surface area contributed by atoms with Gasteiger partial charge in [-0.2, -0.15) is 13.2 Å². The number of rotatable bonds is 7. The molecule has 1 saturated heterocycles. The average Bonchev–Trinajstić information content (AvgIpc) is 2.96. The van der Waals surface area contributed by atoms with Crippen molar-refractivity contribution in [2.75, 3.05) is 38.0 Å². The van der Waals surface area contributed by atoms with Gasteiger partial charge in [0.15, 0.2) is 0 Å². The van der Waals surface area contributed by atoms with Gasteiger partial charge in [-0.05, 0) is 42.5 Å². The van der Waals surface area contributed by atoms with E-state index in [-0.39, 0.29) is 40.0 Å². The number of sulfonamides is 1. The van der Waals surface area contributed by atoms with E-state index < -0.39 is 21.8 Å². The molecule has 2 aromatic heterocycles. The topological polar surface area (TPSA) is 105 Å². The van der Waals surface area contributed by atoms with Crippen molar-refractivity contribution in [3.8, 4) is 5.75 Å². The highest BCUT2D eigenvalue weighted by Gasteiger charge is 2.34. The molecular weight excluding hydrogens is 559 g/mol. The molecule has 0 spiro atoms. The van der Waals surface area contributed by atoms with Crippen LogP contribution in [0, 0.1) is 0 Å². The van der Waals surface area contributed by atoms with Crippen LogP contribution in [0.2, 0.25) is 0 Å². The number of alkyl halides is 3. The highest BCUT2D eigenvalue weighted by molar-refractivity contribution is 7.93. The zero-order chi connectivity index (χ0) is 29.2. The fourth-order valence-electron chi connectivity index (χ4n) is 4.73. The smallest absolute Gasteiger partial charge is 0.418 e. The van der Waals surface area contributed by atoms with E-state index in [2.05, 4.69) is 14.7 Å². The predicted octanol–water partition coefficient (Wildman–Crippen LogP) is 4.42. The maximum absolute atomic E-state index is 13.3. The second-order valence-corrected chi connectivity index (χ2v) is 11.1. The number of ether oxygens (including phenoxy) is 1. The molecular formula is C28H26F3N5O4S. The van der Waals surface area contributed by atoms with Crippen LogP contribution in [0.4, 0.5) is 18.9 Å². The first-order valence-corrected chi connectivity index (χ1v) is 14.1. The number of piperazine rings is 1. The second kappa shape index (κ2) is 11.3. The first kappa shape index (κ1) is 28.3. The maximum atomic E-state index is 13.3. The van der Waals surface area contributed by atoms with Gasteiger partial charge in [-0.25, -0.2) is 8.42 Å². The van der Waals surface area contributed by atoms with Crippen molar-refractivity contribution in [1.29, 1.82) is 0 Å². The minimum atomic E-state index is -4.49. The van der Waals surface area contributed by atoms with E-state index >= 15 is 0 Å². The third-order valence-electron chi connectivity index (χ3n) is 6.81. The van der Waals surface area contributed by atoms with Crippen LogP contribution >= 0.6 is 0 Å². The number of anilines is 1. The van der Waals surface area contributed by atoms with E-state index in [1.807, 2.05) is 4.90 Å². The Bertz CT molecular complexity index is 1680. The molecule has 0 atom stereocenters. The molecule has 0 unspecified atom stereocenters. The third kappa shape index (κ3) is 6.10. The molecule has 0 radical (unpaired) electrons. The summed E-state index contributed by atoms with van der Waals surface area (Å²) in [7, 11) is -2.67. The highest BCUT2D eigenvalue weighted by Crippen LogP contribution is 2.32. The molecule has 13 heteroatoms. The van der Waals surface area contributed by atoms with E-state index in [1.165, 1.54) is 49.8 Å². The lowest BCUT2D eigenvalue weighted by atomic mass is 10.1. The standard InChI is InChI=1S/C28H26F3N5O4S/c1-40-24-17-20(9-10-22(24)34-41(38,39)25-8-2-5-19-6-3-12-33-26(19)25)27(37)36-15-13-35(14-16-36)18-23-21(28(29,30)31)7-4-11-32-23/h2-12,17,34H,13-16,18H2,1H3. The van der Waals surface area contributed by atoms with Crippen molar-refractivity contribution in [3.63, 3.8) is 0 Å². The summed E-state index contributed by atoms with van der Waals surface area (Å²) in [5.74, 6) is -0.148. The fraction of sp³-hybridized carbons (Fsp3) is 0.250. The maximum Gasteiger partial charge on any atom is 0.418 e. The number of nitrogens with zero attached hydrogens (tertiary/aromatic N) is 4. The normalized spacial score (nSPS) is 14.7. The number of aromatic nitrogens is 2. The third-order valence-corrected chi connectivity index (χ3v) is 8.20. The van der Waals surface area contributed by atoms with E-state index in [9.17, 15) is 26.4 Å². The molecule has 1 N–H and O–H groups in total. The van der Waals surface area contributed by atoms with Gasteiger partial charge < -0.3 is 9.64 Å². The number of methoxy groups -OCH3 is 1. The number of hydrogen-bond acceptors (Lipinski definition) is 7. The Labute approximate surface area is 234 Å². The van der Waals surface area contributed by atoms with Gasteiger partial charge in [0, 0.05) is 56.1 Å². The van der Waals surface area contributed by atoms with Crippen LogP contribution in [0.3, 0.4) is 0 Å². The van der Waals surface area contributed by atoms with E-state index in [4.69, 9.17) is 4.74 Å². The Hall–Kier alpha value is -4.23. The number of benzene rings is 2. The number of carbonyl (C=O) groups is 1. The number of pyridine rings is 2. The summed E-state index contributed by atoms with van der Waals surface area (Å²) < 4.78 is 74.4. The lowest BCUT2D eigenvalue weighted by Crippen LogP contribution is -2.48. The number of para-hydroxylation sites is 1. The van der Waals surface area contributed by atoms with E-state index in [0.717, 1.165) is 6.07 Å².